The van der Waals surface area contributed by atoms with E-state index in [0.717, 1.165) is 37.2 Å². The van der Waals surface area contributed by atoms with Crippen molar-refractivity contribution in [2.45, 2.75) is 51.9 Å². The number of rotatable bonds is 4. The molecule has 1 aromatic rings. The first-order valence-electron chi connectivity index (χ1n) is 7.44. The summed E-state index contributed by atoms with van der Waals surface area (Å²) in [5.74, 6) is 0.795. The molecule has 0 N–H and O–H groups in total. The lowest BCUT2D eigenvalue weighted by molar-refractivity contribution is 0.201. The minimum Gasteiger partial charge on any atom is -0.198 e. The molecule has 20 heavy (non-hydrogen) atoms. The second kappa shape index (κ2) is 6.83. The van der Waals surface area contributed by atoms with Crippen molar-refractivity contribution < 1.29 is 0 Å². The van der Waals surface area contributed by atoms with Crippen LogP contribution in [0.25, 0.3) is 0 Å². The van der Waals surface area contributed by atoms with Crippen molar-refractivity contribution in [1.29, 1.82) is 5.26 Å². The highest BCUT2D eigenvalue weighted by molar-refractivity contribution is 6.36. The lowest BCUT2D eigenvalue weighted by Crippen LogP contribution is -2.28. The van der Waals surface area contributed by atoms with Crippen LogP contribution in [0.2, 0.25) is 10.0 Å². The van der Waals surface area contributed by atoms with Crippen LogP contribution in [-0.2, 0) is 6.42 Å². The molecule has 1 saturated carbocycles. The fourth-order valence-electron chi connectivity index (χ4n) is 3.29. The van der Waals surface area contributed by atoms with Crippen molar-refractivity contribution in [1.82, 2.24) is 0 Å². The van der Waals surface area contributed by atoms with Gasteiger partial charge in [-0.2, -0.15) is 5.26 Å². The third-order valence-electron chi connectivity index (χ3n) is 4.57. The van der Waals surface area contributed by atoms with Crippen LogP contribution >= 0.6 is 23.2 Å². The zero-order valence-corrected chi connectivity index (χ0v) is 13.5. The SMILES string of the molecule is CCCC1CCC(C#N)(Cc2c(Cl)cccc2Cl)CC1. The van der Waals surface area contributed by atoms with Crippen LogP contribution in [0.1, 0.15) is 51.0 Å². The maximum Gasteiger partial charge on any atom is 0.0693 e. The summed E-state index contributed by atoms with van der Waals surface area (Å²) >= 11 is 12.5. The summed E-state index contributed by atoms with van der Waals surface area (Å²) in [5, 5.41) is 11.0. The van der Waals surface area contributed by atoms with Gasteiger partial charge in [-0.1, -0.05) is 49.0 Å². The molecule has 1 fully saturated rings. The number of hydrogen-bond acceptors (Lipinski definition) is 1. The topological polar surface area (TPSA) is 23.8 Å². The molecule has 108 valence electrons. The van der Waals surface area contributed by atoms with Crippen LogP contribution in [0.3, 0.4) is 0 Å². The standard InChI is InChI=1S/C17H21Cl2N/c1-2-4-13-7-9-17(12-20,10-8-13)11-14-15(18)5-3-6-16(14)19/h3,5-6,13H,2,4,7-11H2,1H3. The van der Waals surface area contributed by atoms with Crippen molar-refractivity contribution in [2.24, 2.45) is 11.3 Å². The first-order valence-corrected chi connectivity index (χ1v) is 8.20. The van der Waals surface area contributed by atoms with Gasteiger partial charge in [-0.25, -0.2) is 0 Å². The molecule has 1 aromatic carbocycles. The molecule has 0 unspecified atom stereocenters. The van der Waals surface area contributed by atoms with Gasteiger partial charge in [-0.3, -0.25) is 0 Å². The zero-order valence-electron chi connectivity index (χ0n) is 12.0. The van der Waals surface area contributed by atoms with Gasteiger partial charge in [0.15, 0.2) is 0 Å². The van der Waals surface area contributed by atoms with Gasteiger partial charge in [0.05, 0.1) is 11.5 Å². The Bertz CT molecular complexity index is 476. The van der Waals surface area contributed by atoms with Crippen molar-refractivity contribution in [2.75, 3.05) is 0 Å². The summed E-state index contributed by atoms with van der Waals surface area (Å²) in [6.07, 6.45) is 7.45. The normalized spacial score (nSPS) is 26.2. The Morgan fingerprint density at radius 2 is 1.85 bits per heavy atom. The van der Waals surface area contributed by atoms with E-state index in [-0.39, 0.29) is 5.41 Å². The highest BCUT2D eigenvalue weighted by atomic mass is 35.5. The molecule has 1 aliphatic carbocycles. The molecule has 1 nitrogen and oxygen atoms in total. The maximum atomic E-state index is 9.66. The Morgan fingerprint density at radius 1 is 1.25 bits per heavy atom. The lowest BCUT2D eigenvalue weighted by Gasteiger charge is -2.35. The number of nitrogens with zero attached hydrogens (tertiary/aromatic N) is 1. The number of benzene rings is 1. The average Bonchev–Trinajstić information content (AvgIpc) is 2.45. The number of nitriles is 1. The van der Waals surface area contributed by atoms with Crippen LogP contribution in [0.5, 0.6) is 0 Å². The fourth-order valence-corrected chi connectivity index (χ4v) is 3.83. The molecule has 0 amide bonds. The largest absolute Gasteiger partial charge is 0.198 e. The van der Waals surface area contributed by atoms with Gasteiger partial charge in [0.25, 0.3) is 0 Å². The van der Waals surface area contributed by atoms with Crippen LogP contribution in [-0.4, -0.2) is 0 Å². The second-order valence-electron chi connectivity index (χ2n) is 6.00. The Kier molecular flexibility index (Phi) is 5.35. The summed E-state index contributed by atoms with van der Waals surface area (Å²) in [6.45, 7) is 2.23. The van der Waals surface area contributed by atoms with E-state index in [4.69, 9.17) is 23.2 Å². The van der Waals surface area contributed by atoms with Gasteiger partial charge in [-0.05, 0) is 55.7 Å². The Balaban J connectivity index is 2.12. The quantitative estimate of drug-likeness (QED) is 0.665. The van der Waals surface area contributed by atoms with Crippen LogP contribution in [0.4, 0.5) is 0 Å². The van der Waals surface area contributed by atoms with Gasteiger partial charge < -0.3 is 0 Å². The van der Waals surface area contributed by atoms with Crippen molar-refractivity contribution in [3.8, 4) is 6.07 Å². The monoisotopic (exact) mass is 309 g/mol. The molecule has 2 rings (SSSR count). The lowest BCUT2D eigenvalue weighted by atomic mass is 9.67. The van der Waals surface area contributed by atoms with Crippen molar-refractivity contribution in [3.63, 3.8) is 0 Å². The summed E-state index contributed by atoms with van der Waals surface area (Å²) < 4.78 is 0. The Labute approximate surface area is 131 Å². The Morgan fingerprint density at radius 3 is 2.35 bits per heavy atom. The summed E-state index contributed by atoms with van der Waals surface area (Å²) in [6, 6.07) is 8.13. The van der Waals surface area contributed by atoms with Crippen LogP contribution < -0.4 is 0 Å². The molecule has 0 aliphatic heterocycles. The minimum absolute atomic E-state index is 0.279. The maximum absolute atomic E-state index is 9.66. The van der Waals surface area contributed by atoms with Crippen LogP contribution in [0.15, 0.2) is 18.2 Å². The predicted octanol–water partition coefficient (Wildman–Crippen LogP) is 6.04. The molecule has 0 radical (unpaired) electrons. The second-order valence-corrected chi connectivity index (χ2v) is 6.82. The van der Waals surface area contributed by atoms with E-state index in [1.165, 1.54) is 12.8 Å². The van der Waals surface area contributed by atoms with E-state index in [2.05, 4.69) is 13.0 Å². The van der Waals surface area contributed by atoms with E-state index >= 15 is 0 Å². The van der Waals surface area contributed by atoms with E-state index in [1.54, 1.807) is 0 Å². The third-order valence-corrected chi connectivity index (χ3v) is 5.28. The molecular formula is C17H21Cl2N. The molecule has 1 aliphatic rings. The zero-order chi connectivity index (χ0) is 14.6. The summed E-state index contributed by atoms with van der Waals surface area (Å²) in [4.78, 5) is 0. The minimum atomic E-state index is -0.279. The van der Waals surface area contributed by atoms with Gasteiger partial charge in [-0.15, -0.1) is 0 Å². The smallest absolute Gasteiger partial charge is 0.0693 e. The third kappa shape index (κ3) is 3.48. The van der Waals surface area contributed by atoms with Crippen molar-refractivity contribution >= 4 is 23.2 Å². The molecule has 0 aromatic heterocycles. The van der Waals surface area contributed by atoms with Gasteiger partial charge >= 0.3 is 0 Å². The number of hydrogen-bond donors (Lipinski definition) is 0. The molecular weight excluding hydrogens is 289 g/mol. The van der Waals surface area contributed by atoms with Gasteiger partial charge in [0.2, 0.25) is 0 Å². The highest BCUT2D eigenvalue weighted by Crippen LogP contribution is 2.44. The molecule has 0 saturated heterocycles. The molecule has 0 heterocycles. The highest BCUT2D eigenvalue weighted by Gasteiger charge is 2.36. The van der Waals surface area contributed by atoms with E-state index in [1.807, 2.05) is 18.2 Å². The summed E-state index contributed by atoms with van der Waals surface area (Å²) in [5.41, 5.74) is 0.658. The molecule has 3 heteroatoms. The molecule has 0 spiro atoms. The Hall–Kier alpha value is -0.710. The summed E-state index contributed by atoms with van der Waals surface area (Å²) in [7, 11) is 0. The first kappa shape index (κ1) is 15.7. The molecule has 0 bridgehead atoms. The van der Waals surface area contributed by atoms with Crippen LogP contribution in [0, 0.1) is 22.7 Å². The van der Waals surface area contributed by atoms with Crippen molar-refractivity contribution in [3.05, 3.63) is 33.8 Å². The van der Waals surface area contributed by atoms with Gasteiger partial charge in [0, 0.05) is 10.0 Å². The molecule has 0 atom stereocenters. The predicted molar refractivity (Wildman–Crippen MR) is 85.1 cm³/mol. The fraction of sp³-hybridized carbons (Fsp3) is 0.588. The first-order chi connectivity index (χ1) is 9.60. The van der Waals surface area contributed by atoms with Gasteiger partial charge in [0.1, 0.15) is 0 Å². The van der Waals surface area contributed by atoms with E-state index < -0.39 is 0 Å². The van der Waals surface area contributed by atoms with E-state index in [0.29, 0.717) is 16.5 Å². The average molecular weight is 310 g/mol. The van der Waals surface area contributed by atoms with E-state index in [9.17, 15) is 5.26 Å². The number of halogens is 2.